The maximum atomic E-state index is 12.6. The molecule has 148 valence electrons. The molecule has 2 amide bonds. The first-order valence-electron chi connectivity index (χ1n) is 9.32. The van der Waals surface area contributed by atoms with Gasteiger partial charge in [0.1, 0.15) is 0 Å². The Morgan fingerprint density at radius 2 is 2.07 bits per heavy atom. The topological polar surface area (TPSA) is 88.6 Å². The molecule has 1 fully saturated rings. The highest BCUT2D eigenvalue weighted by Crippen LogP contribution is 2.22. The molecule has 2 aromatic rings. The number of likely N-dealkylation sites (tertiary alicyclic amines) is 1. The predicted molar refractivity (Wildman–Crippen MR) is 106 cm³/mol. The number of hydrogen-bond acceptors (Lipinski definition) is 6. The summed E-state index contributed by atoms with van der Waals surface area (Å²) in [6.07, 6.45) is 1.84. The fourth-order valence-electron chi connectivity index (χ4n) is 3.14. The molecule has 3 rings (SSSR count). The van der Waals surface area contributed by atoms with Gasteiger partial charge in [-0.2, -0.15) is 0 Å². The molecule has 0 bridgehead atoms. The van der Waals surface area contributed by atoms with Crippen LogP contribution in [0.15, 0.2) is 35.7 Å². The van der Waals surface area contributed by atoms with Crippen molar-refractivity contribution >= 4 is 34.3 Å². The van der Waals surface area contributed by atoms with Crippen LogP contribution in [0.1, 0.15) is 35.8 Å². The minimum absolute atomic E-state index is 0.0301. The van der Waals surface area contributed by atoms with Crippen molar-refractivity contribution in [2.45, 2.75) is 26.2 Å². The van der Waals surface area contributed by atoms with Crippen LogP contribution >= 0.6 is 11.3 Å². The number of hydrogen-bond donors (Lipinski definition) is 1. The van der Waals surface area contributed by atoms with E-state index < -0.39 is 5.97 Å². The highest BCUT2D eigenvalue weighted by Gasteiger charge is 2.29. The van der Waals surface area contributed by atoms with Crippen molar-refractivity contribution in [2.24, 2.45) is 5.92 Å². The largest absolute Gasteiger partial charge is 0.461 e. The lowest BCUT2D eigenvalue weighted by Crippen LogP contribution is -2.44. The molecule has 1 unspecified atom stereocenters. The summed E-state index contributed by atoms with van der Waals surface area (Å²) in [5, 5.41) is 4.68. The van der Waals surface area contributed by atoms with Gasteiger partial charge in [-0.3, -0.25) is 9.59 Å². The van der Waals surface area contributed by atoms with E-state index in [1.807, 2.05) is 30.3 Å². The quantitative estimate of drug-likeness (QED) is 0.752. The molecule has 1 aromatic heterocycles. The van der Waals surface area contributed by atoms with Crippen LogP contribution in [0.25, 0.3) is 0 Å². The maximum absolute atomic E-state index is 12.6. The summed E-state index contributed by atoms with van der Waals surface area (Å²) in [6.45, 7) is 3.06. The number of anilines is 1. The first-order chi connectivity index (χ1) is 13.6. The monoisotopic (exact) mass is 401 g/mol. The Balaban J connectivity index is 1.55. The van der Waals surface area contributed by atoms with Crippen molar-refractivity contribution in [3.05, 3.63) is 47.0 Å². The number of benzene rings is 1. The number of carbonyl (C=O) groups excluding carboxylic acids is 3. The van der Waals surface area contributed by atoms with Gasteiger partial charge in [-0.25, -0.2) is 9.78 Å². The molecule has 1 aliphatic rings. The molecular weight excluding hydrogens is 378 g/mol. The number of carbonyl (C=O) groups is 3. The maximum Gasteiger partial charge on any atom is 0.357 e. The van der Waals surface area contributed by atoms with Gasteiger partial charge in [0, 0.05) is 18.5 Å². The predicted octanol–water partition coefficient (Wildman–Crippen LogP) is 2.74. The average molecular weight is 401 g/mol. The molecule has 28 heavy (non-hydrogen) atoms. The lowest BCUT2D eigenvalue weighted by Gasteiger charge is -2.32. The smallest absolute Gasteiger partial charge is 0.357 e. The second kappa shape index (κ2) is 9.45. The van der Waals surface area contributed by atoms with Gasteiger partial charge in [-0.1, -0.05) is 30.3 Å². The van der Waals surface area contributed by atoms with Crippen molar-refractivity contribution < 1.29 is 19.1 Å². The van der Waals surface area contributed by atoms with E-state index in [2.05, 4.69) is 10.3 Å². The van der Waals surface area contributed by atoms with Gasteiger partial charge in [-0.05, 0) is 25.3 Å². The van der Waals surface area contributed by atoms with Crippen LogP contribution in [0.3, 0.4) is 0 Å². The van der Waals surface area contributed by atoms with Crippen molar-refractivity contribution in [1.29, 1.82) is 0 Å². The van der Waals surface area contributed by atoms with E-state index >= 15 is 0 Å². The van der Waals surface area contributed by atoms with Gasteiger partial charge in [-0.15, -0.1) is 11.3 Å². The minimum Gasteiger partial charge on any atom is -0.461 e. The van der Waals surface area contributed by atoms with E-state index in [1.54, 1.807) is 17.2 Å². The molecule has 1 aliphatic heterocycles. The number of nitrogens with zero attached hydrogens (tertiary/aromatic N) is 2. The van der Waals surface area contributed by atoms with E-state index in [4.69, 9.17) is 4.74 Å². The first-order valence-corrected chi connectivity index (χ1v) is 10.2. The Morgan fingerprint density at radius 1 is 1.29 bits per heavy atom. The number of piperidine rings is 1. The van der Waals surface area contributed by atoms with Crippen molar-refractivity contribution in [3.8, 4) is 0 Å². The average Bonchev–Trinajstić information content (AvgIpc) is 3.17. The van der Waals surface area contributed by atoms with E-state index in [9.17, 15) is 14.4 Å². The molecule has 0 saturated carbocycles. The summed E-state index contributed by atoms with van der Waals surface area (Å²) in [4.78, 5) is 42.7. The van der Waals surface area contributed by atoms with Gasteiger partial charge in [0.25, 0.3) is 0 Å². The standard InChI is InChI=1S/C20H23N3O4S/c1-2-27-19(26)16-13-28-20(21-16)22-18(25)15-9-6-10-23(12-15)17(24)11-14-7-4-3-5-8-14/h3-5,7-8,13,15H,2,6,9-12H2,1H3,(H,21,22,25). The van der Waals surface area contributed by atoms with Crippen LogP contribution in [0.4, 0.5) is 5.13 Å². The second-order valence-electron chi connectivity index (χ2n) is 6.59. The third-order valence-electron chi connectivity index (χ3n) is 4.56. The zero-order chi connectivity index (χ0) is 19.9. The lowest BCUT2D eigenvalue weighted by atomic mass is 9.96. The SMILES string of the molecule is CCOC(=O)c1csc(NC(=O)C2CCCN(C(=O)Cc3ccccc3)C2)n1. The van der Waals surface area contributed by atoms with Gasteiger partial charge in [0.15, 0.2) is 10.8 Å². The molecule has 0 radical (unpaired) electrons. The van der Waals surface area contributed by atoms with Crippen LogP contribution in [-0.2, 0) is 20.7 Å². The fraction of sp³-hybridized carbons (Fsp3) is 0.400. The highest BCUT2D eigenvalue weighted by molar-refractivity contribution is 7.14. The van der Waals surface area contributed by atoms with Crippen molar-refractivity contribution in [2.75, 3.05) is 25.0 Å². The second-order valence-corrected chi connectivity index (χ2v) is 7.45. The number of thiazole rings is 1. The Morgan fingerprint density at radius 3 is 2.82 bits per heavy atom. The summed E-state index contributed by atoms with van der Waals surface area (Å²) in [5.41, 5.74) is 1.15. The molecule has 0 spiro atoms. The Kier molecular flexibility index (Phi) is 6.76. The number of nitrogens with one attached hydrogen (secondary N) is 1. The number of aromatic nitrogens is 1. The summed E-state index contributed by atoms with van der Waals surface area (Å²) >= 11 is 1.18. The zero-order valence-electron chi connectivity index (χ0n) is 15.7. The summed E-state index contributed by atoms with van der Waals surface area (Å²) in [7, 11) is 0. The summed E-state index contributed by atoms with van der Waals surface area (Å²) in [5.74, 6) is -0.942. The van der Waals surface area contributed by atoms with Gasteiger partial charge in [0.05, 0.1) is 18.9 Å². The number of amides is 2. The molecule has 1 aromatic carbocycles. The molecular formula is C20H23N3O4S. The van der Waals surface area contributed by atoms with Crippen LogP contribution in [0.2, 0.25) is 0 Å². The van der Waals surface area contributed by atoms with Crippen LogP contribution in [0, 0.1) is 5.92 Å². The first kappa shape index (κ1) is 20.0. The Bertz CT molecular complexity index is 837. The van der Waals surface area contributed by atoms with Gasteiger partial charge < -0.3 is 15.0 Å². The minimum atomic E-state index is -0.505. The molecule has 1 atom stereocenters. The third-order valence-corrected chi connectivity index (χ3v) is 5.32. The Hall–Kier alpha value is -2.74. The number of ether oxygens (including phenoxy) is 1. The lowest BCUT2D eigenvalue weighted by molar-refractivity contribution is -0.133. The van der Waals surface area contributed by atoms with Crippen LogP contribution in [-0.4, -0.2) is 47.4 Å². The summed E-state index contributed by atoms with van der Waals surface area (Å²) < 4.78 is 4.90. The van der Waals surface area contributed by atoms with Crippen LogP contribution in [0.5, 0.6) is 0 Å². The van der Waals surface area contributed by atoms with E-state index in [0.29, 0.717) is 24.6 Å². The van der Waals surface area contributed by atoms with E-state index in [1.165, 1.54) is 11.3 Å². The number of rotatable bonds is 6. The van der Waals surface area contributed by atoms with Crippen molar-refractivity contribution in [3.63, 3.8) is 0 Å². The van der Waals surface area contributed by atoms with E-state index in [0.717, 1.165) is 18.4 Å². The van der Waals surface area contributed by atoms with Gasteiger partial charge in [0.2, 0.25) is 11.8 Å². The van der Waals surface area contributed by atoms with E-state index in [-0.39, 0.29) is 30.0 Å². The summed E-state index contributed by atoms with van der Waals surface area (Å²) in [6, 6.07) is 9.59. The molecule has 1 saturated heterocycles. The third kappa shape index (κ3) is 5.16. The molecule has 0 aliphatic carbocycles. The molecule has 1 N–H and O–H groups in total. The van der Waals surface area contributed by atoms with Crippen molar-refractivity contribution in [1.82, 2.24) is 9.88 Å². The van der Waals surface area contributed by atoms with Gasteiger partial charge >= 0.3 is 5.97 Å². The molecule has 7 nitrogen and oxygen atoms in total. The number of esters is 1. The normalized spacial score (nSPS) is 16.5. The molecule has 2 heterocycles. The Labute approximate surface area is 167 Å². The molecule has 8 heteroatoms. The van der Waals surface area contributed by atoms with Crippen LogP contribution < -0.4 is 5.32 Å². The fourth-order valence-corrected chi connectivity index (χ4v) is 3.82. The highest BCUT2D eigenvalue weighted by atomic mass is 32.1. The zero-order valence-corrected chi connectivity index (χ0v) is 16.5.